The third-order valence-corrected chi connectivity index (χ3v) is 4.82. The van der Waals surface area contributed by atoms with Crippen LogP contribution in [0.25, 0.3) is 16.9 Å². The number of ether oxygens (including phenoxy) is 1. The molecule has 1 saturated heterocycles. The molecule has 0 saturated carbocycles. The van der Waals surface area contributed by atoms with Crippen molar-refractivity contribution in [2.24, 2.45) is 5.92 Å². The van der Waals surface area contributed by atoms with E-state index in [1.807, 2.05) is 51.1 Å². The number of nitrogens with zero attached hydrogens (tertiary/aromatic N) is 6. The normalized spacial score (nSPS) is 17.1. The SMILES string of the molecule is CC(C)(C)OC(=O)N1CCC(Cn2cnc3c(nnn3-c3ccccc3)c2=O)C1. The summed E-state index contributed by atoms with van der Waals surface area (Å²) >= 11 is 0. The van der Waals surface area contributed by atoms with Gasteiger partial charge in [0.15, 0.2) is 11.2 Å². The molecule has 0 N–H and O–H groups in total. The first-order valence-electron chi connectivity index (χ1n) is 9.66. The third kappa shape index (κ3) is 3.98. The molecule has 1 atom stereocenters. The highest BCUT2D eigenvalue weighted by atomic mass is 16.6. The molecule has 1 unspecified atom stereocenters. The van der Waals surface area contributed by atoms with Crippen molar-refractivity contribution in [3.8, 4) is 5.69 Å². The van der Waals surface area contributed by atoms with E-state index in [4.69, 9.17) is 4.74 Å². The van der Waals surface area contributed by atoms with Crippen LogP contribution in [0.3, 0.4) is 0 Å². The Balaban J connectivity index is 1.51. The van der Waals surface area contributed by atoms with Gasteiger partial charge in [0.25, 0.3) is 5.56 Å². The molecule has 9 heteroatoms. The number of fused-ring (bicyclic) bond motifs is 1. The van der Waals surface area contributed by atoms with E-state index >= 15 is 0 Å². The van der Waals surface area contributed by atoms with Crippen LogP contribution in [-0.2, 0) is 11.3 Å². The summed E-state index contributed by atoms with van der Waals surface area (Å²) in [5.41, 5.74) is 0.708. The Morgan fingerprint density at radius 2 is 2.00 bits per heavy atom. The van der Waals surface area contributed by atoms with Crippen LogP contribution in [-0.4, -0.2) is 54.2 Å². The van der Waals surface area contributed by atoms with Gasteiger partial charge in [-0.2, -0.15) is 4.68 Å². The highest BCUT2D eigenvalue weighted by molar-refractivity contribution is 5.70. The maximum atomic E-state index is 12.9. The van der Waals surface area contributed by atoms with Crippen LogP contribution in [0.15, 0.2) is 41.5 Å². The zero-order valence-corrected chi connectivity index (χ0v) is 16.8. The second-order valence-electron chi connectivity index (χ2n) is 8.29. The lowest BCUT2D eigenvalue weighted by Gasteiger charge is -2.24. The predicted molar refractivity (Wildman–Crippen MR) is 107 cm³/mol. The molecule has 1 aliphatic heterocycles. The van der Waals surface area contributed by atoms with Crippen LogP contribution in [0.4, 0.5) is 4.79 Å². The van der Waals surface area contributed by atoms with Crippen molar-refractivity contribution in [3.63, 3.8) is 0 Å². The number of benzene rings is 1. The summed E-state index contributed by atoms with van der Waals surface area (Å²) < 4.78 is 8.54. The van der Waals surface area contributed by atoms with Gasteiger partial charge >= 0.3 is 6.09 Å². The zero-order chi connectivity index (χ0) is 20.6. The molecule has 3 heterocycles. The molecule has 4 rings (SSSR count). The third-order valence-electron chi connectivity index (χ3n) is 4.82. The van der Waals surface area contributed by atoms with E-state index < -0.39 is 5.60 Å². The molecule has 0 radical (unpaired) electrons. The number of para-hydroxylation sites is 1. The largest absolute Gasteiger partial charge is 0.444 e. The van der Waals surface area contributed by atoms with Gasteiger partial charge in [-0.3, -0.25) is 9.36 Å². The van der Waals surface area contributed by atoms with Gasteiger partial charge in [-0.15, -0.1) is 5.10 Å². The topological polar surface area (TPSA) is 95.1 Å². The first kappa shape index (κ1) is 19.1. The van der Waals surface area contributed by atoms with Crippen LogP contribution in [0.1, 0.15) is 27.2 Å². The second-order valence-corrected chi connectivity index (χ2v) is 8.29. The smallest absolute Gasteiger partial charge is 0.410 e. The number of amides is 1. The molecule has 29 heavy (non-hydrogen) atoms. The van der Waals surface area contributed by atoms with Crippen LogP contribution >= 0.6 is 0 Å². The minimum Gasteiger partial charge on any atom is -0.444 e. The van der Waals surface area contributed by atoms with E-state index in [0.29, 0.717) is 25.3 Å². The van der Waals surface area contributed by atoms with Gasteiger partial charge in [-0.25, -0.2) is 9.78 Å². The lowest BCUT2D eigenvalue weighted by Crippen LogP contribution is -2.35. The number of aromatic nitrogens is 5. The summed E-state index contributed by atoms with van der Waals surface area (Å²) in [4.78, 5) is 31.2. The van der Waals surface area contributed by atoms with E-state index in [-0.39, 0.29) is 23.1 Å². The Kier molecular flexibility index (Phi) is 4.81. The van der Waals surface area contributed by atoms with Crippen LogP contribution < -0.4 is 5.56 Å². The highest BCUT2D eigenvalue weighted by Gasteiger charge is 2.30. The molecular weight excluding hydrogens is 372 g/mol. The summed E-state index contributed by atoms with van der Waals surface area (Å²) in [6, 6.07) is 9.45. The molecule has 152 valence electrons. The van der Waals surface area contributed by atoms with E-state index in [1.54, 1.807) is 14.1 Å². The lowest BCUT2D eigenvalue weighted by atomic mass is 10.1. The number of likely N-dealkylation sites (tertiary alicyclic amines) is 1. The lowest BCUT2D eigenvalue weighted by molar-refractivity contribution is 0.0287. The Bertz CT molecular complexity index is 1080. The van der Waals surface area contributed by atoms with Gasteiger partial charge < -0.3 is 9.64 Å². The van der Waals surface area contributed by atoms with E-state index in [2.05, 4.69) is 15.3 Å². The summed E-state index contributed by atoms with van der Waals surface area (Å²) in [5, 5.41) is 8.14. The molecule has 1 aromatic carbocycles. The van der Waals surface area contributed by atoms with Gasteiger partial charge in [0, 0.05) is 19.6 Å². The van der Waals surface area contributed by atoms with E-state index in [1.165, 1.54) is 6.33 Å². The Morgan fingerprint density at radius 3 is 2.72 bits per heavy atom. The Hall–Kier alpha value is -3.23. The van der Waals surface area contributed by atoms with Crippen molar-refractivity contribution >= 4 is 17.3 Å². The number of hydrogen-bond donors (Lipinski definition) is 0. The average Bonchev–Trinajstić information content (AvgIpc) is 3.31. The highest BCUT2D eigenvalue weighted by Crippen LogP contribution is 2.21. The second kappa shape index (κ2) is 7.31. The molecule has 3 aromatic rings. The van der Waals surface area contributed by atoms with Crippen molar-refractivity contribution < 1.29 is 9.53 Å². The average molecular weight is 396 g/mol. The summed E-state index contributed by atoms with van der Waals surface area (Å²) in [6.07, 6.45) is 2.02. The molecule has 1 aliphatic rings. The minimum absolute atomic E-state index is 0.156. The molecule has 1 fully saturated rings. The summed E-state index contributed by atoms with van der Waals surface area (Å²) in [7, 11) is 0. The van der Waals surface area contributed by atoms with E-state index in [9.17, 15) is 9.59 Å². The number of rotatable bonds is 3. The minimum atomic E-state index is -0.522. The molecular formula is C20H24N6O3. The zero-order valence-electron chi connectivity index (χ0n) is 16.8. The van der Waals surface area contributed by atoms with Gasteiger partial charge in [-0.05, 0) is 45.2 Å². The molecule has 0 bridgehead atoms. The first-order chi connectivity index (χ1) is 13.8. The first-order valence-corrected chi connectivity index (χ1v) is 9.66. The number of carbonyl (C=O) groups is 1. The van der Waals surface area contributed by atoms with Gasteiger partial charge in [0.05, 0.1) is 5.69 Å². The maximum absolute atomic E-state index is 12.9. The van der Waals surface area contributed by atoms with Crippen molar-refractivity contribution in [2.45, 2.75) is 39.3 Å². The fourth-order valence-electron chi connectivity index (χ4n) is 3.47. The molecule has 2 aromatic heterocycles. The quantitative estimate of drug-likeness (QED) is 0.674. The van der Waals surface area contributed by atoms with E-state index in [0.717, 1.165) is 12.1 Å². The predicted octanol–water partition coefficient (Wildman–Crippen LogP) is 2.23. The number of carbonyl (C=O) groups excluding carboxylic acids is 1. The monoisotopic (exact) mass is 396 g/mol. The summed E-state index contributed by atoms with van der Waals surface area (Å²) in [6.45, 7) is 7.19. The molecule has 1 amide bonds. The van der Waals surface area contributed by atoms with Crippen LogP contribution in [0.2, 0.25) is 0 Å². The van der Waals surface area contributed by atoms with Gasteiger partial charge in [-0.1, -0.05) is 23.4 Å². The van der Waals surface area contributed by atoms with Crippen molar-refractivity contribution in [2.75, 3.05) is 13.1 Å². The molecule has 0 spiro atoms. The molecule has 9 nitrogen and oxygen atoms in total. The van der Waals surface area contributed by atoms with Gasteiger partial charge in [0.1, 0.15) is 11.9 Å². The van der Waals surface area contributed by atoms with Crippen molar-refractivity contribution in [3.05, 3.63) is 47.0 Å². The van der Waals surface area contributed by atoms with Gasteiger partial charge in [0.2, 0.25) is 0 Å². The standard InChI is InChI=1S/C20H24N6O3/c1-20(2,3)29-19(28)24-10-9-14(11-24)12-25-13-21-17-16(18(25)27)22-23-26(17)15-7-5-4-6-8-15/h4-8,13-14H,9-12H2,1-3H3. The fraction of sp³-hybridized carbons (Fsp3) is 0.450. The maximum Gasteiger partial charge on any atom is 0.410 e. The Labute approximate surface area is 167 Å². The molecule has 0 aliphatic carbocycles. The van der Waals surface area contributed by atoms with Crippen LogP contribution in [0.5, 0.6) is 0 Å². The fourth-order valence-corrected chi connectivity index (χ4v) is 3.47. The number of hydrogen-bond acceptors (Lipinski definition) is 6. The van der Waals surface area contributed by atoms with Crippen LogP contribution in [0, 0.1) is 5.92 Å². The Morgan fingerprint density at radius 1 is 1.24 bits per heavy atom. The summed E-state index contributed by atoms with van der Waals surface area (Å²) in [5.74, 6) is 0.156. The van der Waals surface area contributed by atoms with Crippen molar-refractivity contribution in [1.82, 2.24) is 29.4 Å². The van der Waals surface area contributed by atoms with Crippen molar-refractivity contribution in [1.29, 1.82) is 0 Å².